The van der Waals surface area contributed by atoms with Gasteiger partial charge >= 0.3 is 0 Å². The van der Waals surface area contributed by atoms with E-state index in [2.05, 4.69) is 22.5 Å². The number of aryl methyl sites for hydroxylation is 1. The van der Waals surface area contributed by atoms with E-state index < -0.39 is 0 Å². The number of carbonyl (C=O) groups is 1. The van der Waals surface area contributed by atoms with Gasteiger partial charge in [0, 0.05) is 11.8 Å². The van der Waals surface area contributed by atoms with Gasteiger partial charge in [-0.25, -0.2) is 4.98 Å². The van der Waals surface area contributed by atoms with Crippen molar-refractivity contribution in [3.63, 3.8) is 0 Å². The van der Waals surface area contributed by atoms with Gasteiger partial charge in [0.15, 0.2) is 0 Å². The van der Waals surface area contributed by atoms with Crippen LogP contribution in [-0.2, 0) is 17.8 Å². The summed E-state index contributed by atoms with van der Waals surface area (Å²) in [5.74, 6) is 0.654. The molecule has 5 heteroatoms. The largest absolute Gasteiger partial charge is 0.350 e. The minimum absolute atomic E-state index is 0.143. The highest BCUT2D eigenvalue weighted by Crippen LogP contribution is 2.12. The number of aromatic nitrogens is 1. The van der Waals surface area contributed by atoms with Gasteiger partial charge in [0.25, 0.3) is 0 Å². The smallest absolute Gasteiger partial charge is 0.220 e. The zero-order chi connectivity index (χ0) is 12.1. The topological polar surface area (TPSA) is 54.0 Å². The van der Waals surface area contributed by atoms with Crippen molar-refractivity contribution in [2.45, 2.75) is 32.7 Å². The fraction of sp³-hybridized carbons (Fsp3) is 0.667. The molecule has 1 amide bonds. The number of nitrogens with zero attached hydrogens (tertiary/aromatic N) is 1. The number of hydrogen-bond donors (Lipinski definition) is 2. The molecule has 1 aromatic rings. The molecule has 0 aromatic carbocycles. The van der Waals surface area contributed by atoms with E-state index in [0.717, 1.165) is 36.6 Å². The predicted octanol–water partition coefficient (Wildman–Crippen LogP) is 1.32. The molecule has 1 saturated heterocycles. The first-order valence-electron chi connectivity index (χ1n) is 6.18. The molecule has 1 aliphatic heterocycles. The number of nitrogens with one attached hydrogen (secondary N) is 2. The Kier molecular flexibility index (Phi) is 4.50. The molecule has 94 valence electrons. The van der Waals surface area contributed by atoms with Gasteiger partial charge in [-0.3, -0.25) is 4.79 Å². The average Bonchev–Trinajstić information content (AvgIpc) is 2.96. The van der Waals surface area contributed by atoms with Crippen LogP contribution in [0, 0.1) is 5.92 Å². The molecule has 0 spiro atoms. The van der Waals surface area contributed by atoms with Gasteiger partial charge in [-0.1, -0.05) is 6.92 Å². The SMILES string of the molecule is CCc1nc(CNC(=O)CC2CCNC2)cs1. The van der Waals surface area contributed by atoms with E-state index in [-0.39, 0.29) is 5.91 Å². The molecule has 1 fully saturated rings. The highest BCUT2D eigenvalue weighted by molar-refractivity contribution is 7.09. The van der Waals surface area contributed by atoms with Gasteiger partial charge in [-0.2, -0.15) is 0 Å². The minimum Gasteiger partial charge on any atom is -0.350 e. The fourth-order valence-electron chi connectivity index (χ4n) is 2.00. The van der Waals surface area contributed by atoms with Gasteiger partial charge in [0.1, 0.15) is 0 Å². The van der Waals surface area contributed by atoms with Crippen LogP contribution in [0.4, 0.5) is 0 Å². The van der Waals surface area contributed by atoms with Gasteiger partial charge in [0.05, 0.1) is 17.2 Å². The minimum atomic E-state index is 0.143. The Hall–Kier alpha value is -0.940. The second kappa shape index (κ2) is 6.12. The molecule has 4 nitrogen and oxygen atoms in total. The summed E-state index contributed by atoms with van der Waals surface area (Å²) in [5, 5.41) is 9.37. The Morgan fingerprint density at radius 3 is 3.24 bits per heavy atom. The normalized spacial score (nSPS) is 19.5. The summed E-state index contributed by atoms with van der Waals surface area (Å²) in [5.41, 5.74) is 0.977. The molecule has 0 radical (unpaired) electrons. The fourth-order valence-corrected chi connectivity index (χ4v) is 2.75. The average molecular weight is 253 g/mol. The second-order valence-corrected chi connectivity index (χ2v) is 5.37. The van der Waals surface area contributed by atoms with Crippen molar-refractivity contribution in [3.8, 4) is 0 Å². The molecule has 1 aliphatic rings. The van der Waals surface area contributed by atoms with Crippen LogP contribution in [0.25, 0.3) is 0 Å². The van der Waals surface area contributed by atoms with Crippen molar-refractivity contribution in [1.82, 2.24) is 15.6 Å². The van der Waals surface area contributed by atoms with Crippen LogP contribution in [-0.4, -0.2) is 24.0 Å². The summed E-state index contributed by atoms with van der Waals surface area (Å²) in [7, 11) is 0. The first-order chi connectivity index (χ1) is 8.28. The van der Waals surface area contributed by atoms with E-state index in [1.807, 2.05) is 5.38 Å². The van der Waals surface area contributed by atoms with E-state index in [4.69, 9.17) is 0 Å². The van der Waals surface area contributed by atoms with Gasteiger partial charge in [0.2, 0.25) is 5.91 Å². The van der Waals surface area contributed by atoms with Crippen LogP contribution in [0.3, 0.4) is 0 Å². The van der Waals surface area contributed by atoms with E-state index >= 15 is 0 Å². The van der Waals surface area contributed by atoms with Crippen molar-refractivity contribution in [1.29, 1.82) is 0 Å². The number of carbonyl (C=O) groups excluding carboxylic acids is 1. The number of thiazole rings is 1. The van der Waals surface area contributed by atoms with E-state index in [1.165, 1.54) is 0 Å². The Morgan fingerprint density at radius 2 is 2.59 bits per heavy atom. The maximum atomic E-state index is 11.7. The third-order valence-corrected chi connectivity index (χ3v) is 4.05. The first-order valence-corrected chi connectivity index (χ1v) is 7.06. The van der Waals surface area contributed by atoms with Crippen molar-refractivity contribution in [2.75, 3.05) is 13.1 Å². The summed E-state index contributed by atoms with van der Waals surface area (Å²) in [6.07, 6.45) is 2.72. The molecule has 0 aliphatic carbocycles. The lowest BCUT2D eigenvalue weighted by atomic mass is 10.0. The molecule has 0 saturated carbocycles. The highest BCUT2D eigenvalue weighted by atomic mass is 32.1. The van der Waals surface area contributed by atoms with E-state index in [1.54, 1.807) is 11.3 Å². The van der Waals surface area contributed by atoms with Gasteiger partial charge < -0.3 is 10.6 Å². The van der Waals surface area contributed by atoms with Crippen LogP contribution >= 0.6 is 11.3 Å². The lowest BCUT2D eigenvalue weighted by Crippen LogP contribution is -2.26. The van der Waals surface area contributed by atoms with Crippen molar-refractivity contribution in [3.05, 3.63) is 16.1 Å². The maximum absolute atomic E-state index is 11.7. The number of hydrogen-bond acceptors (Lipinski definition) is 4. The molecule has 2 heterocycles. The zero-order valence-electron chi connectivity index (χ0n) is 10.2. The summed E-state index contributed by atoms with van der Waals surface area (Å²) >= 11 is 1.66. The Balaban J connectivity index is 1.71. The summed E-state index contributed by atoms with van der Waals surface area (Å²) in [6.45, 7) is 4.68. The molecular weight excluding hydrogens is 234 g/mol. The molecular formula is C12H19N3OS. The third-order valence-electron chi connectivity index (χ3n) is 3.00. The Morgan fingerprint density at radius 1 is 1.71 bits per heavy atom. The number of amides is 1. The highest BCUT2D eigenvalue weighted by Gasteiger charge is 2.17. The molecule has 2 rings (SSSR count). The molecule has 2 N–H and O–H groups in total. The molecule has 1 unspecified atom stereocenters. The van der Waals surface area contributed by atoms with Crippen LogP contribution in [0.15, 0.2) is 5.38 Å². The van der Waals surface area contributed by atoms with Crippen LogP contribution in [0.5, 0.6) is 0 Å². The van der Waals surface area contributed by atoms with E-state index in [9.17, 15) is 4.79 Å². The van der Waals surface area contributed by atoms with Crippen molar-refractivity contribution < 1.29 is 4.79 Å². The lowest BCUT2D eigenvalue weighted by molar-refractivity contribution is -0.122. The standard InChI is InChI=1S/C12H19N3OS/c1-2-12-15-10(8-17-12)7-14-11(16)5-9-3-4-13-6-9/h8-9,13H,2-7H2,1H3,(H,14,16). The Labute approximate surface area is 106 Å². The van der Waals surface area contributed by atoms with Crippen molar-refractivity contribution in [2.24, 2.45) is 5.92 Å². The zero-order valence-corrected chi connectivity index (χ0v) is 11.0. The van der Waals surface area contributed by atoms with Crippen LogP contribution < -0.4 is 10.6 Å². The molecule has 17 heavy (non-hydrogen) atoms. The predicted molar refractivity (Wildman–Crippen MR) is 68.9 cm³/mol. The summed E-state index contributed by atoms with van der Waals surface area (Å²) in [4.78, 5) is 16.1. The summed E-state index contributed by atoms with van der Waals surface area (Å²) in [6, 6.07) is 0. The van der Waals surface area contributed by atoms with Gasteiger partial charge in [-0.05, 0) is 31.8 Å². The van der Waals surface area contributed by atoms with Gasteiger partial charge in [-0.15, -0.1) is 11.3 Å². The quantitative estimate of drug-likeness (QED) is 0.832. The molecule has 1 atom stereocenters. The lowest BCUT2D eigenvalue weighted by Gasteiger charge is -2.07. The first kappa shape index (κ1) is 12.5. The maximum Gasteiger partial charge on any atom is 0.220 e. The third kappa shape index (κ3) is 3.78. The van der Waals surface area contributed by atoms with E-state index in [0.29, 0.717) is 18.9 Å². The van der Waals surface area contributed by atoms with Crippen molar-refractivity contribution >= 4 is 17.2 Å². The summed E-state index contributed by atoms with van der Waals surface area (Å²) < 4.78 is 0. The second-order valence-electron chi connectivity index (χ2n) is 4.43. The monoisotopic (exact) mass is 253 g/mol. The van der Waals surface area contributed by atoms with Crippen LogP contribution in [0.1, 0.15) is 30.5 Å². The molecule has 0 bridgehead atoms. The van der Waals surface area contributed by atoms with Crippen LogP contribution in [0.2, 0.25) is 0 Å². The Bertz CT molecular complexity index is 372. The number of rotatable bonds is 5. The molecule has 1 aromatic heterocycles.